The molecule has 0 aliphatic rings. The van der Waals surface area contributed by atoms with E-state index in [1.165, 1.54) is 0 Å². The first-order valence-electron chi connectivity index (χ1n) is 8.99. The van der Waals surface area contributed by atoms with Gasteiger partial charge in [-0.3, -0.25) is 4.79 Å². The zero-order valence-electron chi connectivity index (χ0n) is 15.5. The molecule has 1 N–H and O–H groups in total. The van der Waals surface area contributed by atoms with E-state index in [4.69, 9.17) is 4.74 Å². The molecule has 1 amide bonds. The lowest BCUT2D eigenvalue weighted by Crippen LogP contribution is -2.29. The number of imidazole rings is 1. The highest BCUT2D eigenvalue weighted by Crippen LogP contribution is 2.28. The molecule has 1 atom stereocenters. The van der Waals surface area contributed by atoms with Crippen LogP contribution in [0.3, 0.4) is 0 Å². The molecule has 0 spiro atoms. The number of nitrogens with one attached hydrogen (secondary N) is 1. The summed E-state index contributed by atoms with van der Waals surface area (Å²) in [5.74, 6) is 1.84. The summed E-state index contributed by atoms with van der Waals surface area (Å²) in [6.45, 7) is 4.68. The van der Waals surface area contributed by atoms with E-state index in [9.17, 15) is 4.79 Å². The average molecular weight is 351 g/mol. The minimum atomic E-state index is -0.156. The van der Waals surface area contributed by atoms with Crippen molar-refractivity contribution < 1.29 is 9.53 Å². The lowest BCUT2D eigenvalue weighted by atomic mass is 9.98. The second kappa shape index (κ2) is 8.04. The lowest BCUT2D eigenvalue weighted by Gasteiger charge is -2.15. The van der Waals surface area contributed by atoms with Crippen LogP contribution in [0.1, 0.15) is 37.6 Å². The fourth-order valence-corrected chi connectivity index (χ4v) is 2.96. The van der Waals surface area contributed by atoms with Crippen molar-refractivity contribution >= 4 is 16.9 Å². The Hall–Kier alpha value is -2.82. The van der Waals surface area contributed by atoms with Gasteiger partial charge in [0.25, 0.3) is 5.91 Å². The van der Waals surface area contributed by atoms with Crippen LogP contribution in [0.4, 0.5) is 0 Å². The van der Waals surface area contributed by atoms with E-state index < -0.39 is 0 Å². The van der Waals surface area contributed by atoms with Crippen LogP contribution in [0.2, 0.25) is 0 Å². The summed E-state index contributed by atoms with van der Waals surface area (Å²) in [5, 5.41) is 2.89. The molecule has 0 fully saturated rings. The number of fused-ring (bicyclic) bond motifs is 1. The average Bonchev–Trinajstić information content (AvgIpc) is 3.00. The quantitative estimate of drug-likeness (QED) is 0.705. The summed E-state index contributed by atoms with van der Waals surface area (Å²) in [6, 6.07) is 15.8. The Labute approximate surface area is 154 Å². The van der Waals surface area contributed by atoms with Gasteiger partial charge in [0, 0.05) is 7.05 Å². The number of carbonyl (C=O) groups excluding carboxylic acids is 1. The van der Waals surface area contributed by atoms with Crippen molar-refractivity contribution in [2.45, 2.75) is 32.7 Å². The van der Waals surface area contributed by atoms with Crippen molar-refractivity contribution in [3.63, 3.8) is 0 Å². The highest BCUT2D eigenvalue weighted by atomic mass is 16.5. The summed E-state index contributed by atoms with van der Waals surface area (Å²) < 4.78 is 7.75. The van der Waals surface area contributed by atoms with Gasteiger partial charge in [0.2, 0.25) is 0 Å². The minimum Gasteiger partial charge on any atom is -0.483 e. The number of rotatable bonds is 7. The molecule has 0 aliphatic carbocycles. The molecule has 1 heterocycles. The summed E-state index contributed by atoms with van der Waals surface area (Å²) in [7, 11) is 1.95. The molecule has 5 nitrogen and oxygen atoms in total. The Bertz CT molecular complexity index is 901. The molecule has 1 unspecified atom stereocenters. The van der Waals surface area contributed by atoms with Gasteiger partial charge in [0.15, 0.2) is 6.61 Å². The van der Waals surface area contributed by atoms with Crippen molar-refractivity contribution in [1.29, 1.82) is 0 Å². The van der Waals surface area contributed by atoms with E-state index in [0.717, 1.165) is 34.6 Å². The molecular weight excluding hydrogens is 326 g/mol. The van der Waals surface area contributed by atoms with Crippen molar-refractivity contribution in [3.05, 3.63) is 59.9 Å². The molecule has 1 aromatic heterocycles. The molecular formula is C21H25N3O2. The maximum Gasteiger partial charge on any atom is 0.258 e. The van der Waals surface area contributed by atoms with E-state index in [1.54, 1.807) is 0 Å². The lowest BCUT2D eigenvalue weighted by molar-refractivity contribution is -0.123. The van der Waals surface area contributed by atoms with Crippen LogP contribution in [0.25, 0.3) is 11.0 Å². The maximum absolute atomic E-state index is 12.2. The first-order valence-corrected chi connectivity index (χ1v) is 8.99. The van der Waals surface area contributed by atoms with Gasteiger partial charge in [-0.05, 0) is 36.1 Å². The Morgan fingerprint density at radius 2 is 1.92 bits per heavy atom. The number of aryl methyl sites for hydroxylation is 1. The number of carbonyl (C=O) groups is 1. The van der Waals surface area contributed by atoms with Gasteiger partial charge < -0.3 is 14.6 Å². The van der Waals surface area contributed by atoms with E-state index in [-0.39, 0.29) is 12.5 Å². The molecule has 3 aromatic rings. The maximum atomic E-state index is 12.2. The van der Waals surface area contributed by atoms with Crippen LogP contribution in [-0.4, -0.2) is 22.1 Å². The molecule has 3 rings (SSSR count). The Morgan fingerprint density at radius 3 is 2.69 bits per heavy atom. The second-order valence-electron chi connectivity index (χ2n) is 6.49. The van der Waals surface area contributed by atoms with Crippen LogP contribution in [0, 0.1) is 0 Å². The van der Waals surface area contributed by atoms with Crippen molar-refractivity contribution in [1.82, 2.24) is 14.9 Å². The third-order valence-electron chi connectivity index (χ3n) is 4.74. The SMILES string of the molecule is CCC(C)c1ccccc1OCC(=O)NCc1nc2ccccc2n1C. The van der Waals surface area contributed by atoms with Crippen LogP contribution in [0.15, 0.2) is 48.5 Å². The number of hydrogen-bond donors (Lipinski definition) is 1. The van der Waals surface area contributed by atoms with Gasteiger partial charge in [-0.25, -0.2) is 4.98 Å². The molecule has 136 valence electrons. The predicted molar refractivity (Wildman–Crippen MR) is 103 cm³/mol. The normalized spacial score (nSPS) is 12.1. The summed E-state index contributed by atoms with van der Waals surface area (Å²) in [5.41, 5.74) is 3.12. The number of benzene rings is 2. The fraction of sp³-hybridized carbons (Fsp3) is 0.333. The summed E-state index contributed by atoms with van der Waals surface area (Å²) in [6.07, 6.45) is 1.03. The predicted octanol–water partition coefficient (Wildman–Crippen LogP) is 3.78. The zero-order chi connectivity index (χ0) is 18.5. The molecule has 0 radical (unpaired) electrons. The first-order chi connectivity index (χ1) is 12.6. The Kier molecular flexibility index (Phi) is 5.56. The molecule has 0 saturated heterocycles. The van der Waals surface area contributed by atoms with Gasteiger partial charge in [0.05, 0.1) is 17.6 Å². The number of hydrogen-bond acceptors (Lipinski definition) is 3. The molecule has 2 aromatic carbocycles. The number of aromatic nitrogens is 2. The third-order valence-corrected chi connectivity index (χ3v) is 4.74. The highest BCUT2D eigenvalue weighted by Gasteiger charge is 2.12. The highest BCUT2D eigenvalue weighted by molar-refractivity contribution is 5.78. The van der Waals surface area contributed by atoms with Gasteiger partial charge in [0.1, 0.15) is 11.6 Å². The zero-order valence-corrected chi connectivity index (χ0v) is 15.5. The van der Waals surface area contributed by atoms with Crippen LogP contribution in [-0.2, 0) is 18.4 Å². The van der Waals surface area contributed by atoms with Gasteiger partial charge in [-0.2, -0.15) is 0 Å². The van der Waals surface area contributed by atoms with Crippen LogP contribution in [0.5, 0.6) is 5.75 Å². The smallest absolute Gasteiger partial charge is 0.258 e. The number of amides is 1. The van der Waals surface area contributed by atoms with E-state index >= 15 is 0 Å². The molecule has 26 heavy (non-hydrogen) atoms. The molecule has 0 bridgehead atoms. The summed E-state index contributed by atoms with van der Waals surface area (Å²) >= 11 is 0. The molecule has 0 aliphatic heterocycles. The number of ether oxygens (including phenoxy) is 1. The first kappa shape index (κ1) is 18.0. The van der Waals surface area contributed by atoms with Crippen LogP contribution < -0.4 is 10.1 Å². The number of para-hydroxylation sites is 3. The molecule has 0 saturated carbocycles. The van der Waals surface area contributed by atoms with E-state index in [2.05, 4.69) is 30.2 Å². The fourth-order valence-electron chi connectivity index (χ4n) is 2.96. The Balaban J connectivity index is 1.59. The third kappa shape index (κ3) is 3.87. The van der Waals surface area contributed by atoms with Gasteiger partial charge in [-0.1, -0.05) is 44.2 Å². The standard InChI is InChI=1S/C21H25N3O2/c1-4-15(2)16-9-5-8-12-19(16)26-14-21(25)22-13-20-23-17-10-6-7-11-18(17)24(20)3/h5-12,15H,4,13-14H2,1-3H3,(H,22,25). The summed E-state index contributed by atoms with van der Waals surface area (Å²) in [4.78, 5) is 16.8. The topological polar surface area (TPSA) is 56.1 Å². The largest absolute Gasteiger partial charge is 0.483 e. The van der Waals surface area contributed by atoms with Crippen molar-refractivity contribution in [3.8, 4) is 5.75 Å². The molecule has 5 heteroatoms. The van der Waals surface area contributed by atoms with E-state index in [0.29, 0.717) is 12.5 Å². The minimum absolute atomic E-state index is 0.00259. The van der Waals surface area contributed by atoms with Crippen LogP contribution >= 0.6 is 0 Å². The van der Waals surface area contributed by atoms with E-state index in [1.807, 2.05) is 54.1 Å². The second-order valence-corrected chi connectivity index (χ2v) is 6.49. The van der Waals surface area contributed by atoms with Gasteiger partial charge >= 0.3 is 0 Å². The van der Waals surface area contributed by atoms with Gasteiger partial charge in [-0.15, -0.1) is 0 Å². The van der Waals surface area contributed by atoms with Crippen molar-refractivity contribution in [2.24, 2.45) is 7.05 Å². The monoisotopic (exact) mass is 351 g/mol. The Morgan fingerprint density at radius 1 is 1.19 bits per heavy atom. The van der Waals surface area contributed by atoms with Crippen molar-refractivity contribution in [2.75, 3.05) is 6.61 Å². The number of nitrogens with zero attached hydrogens (tertiary/aromatic N) is 2.